The summed E-state index contributed by atoms with van der Waals surface area (Å²) in [5.74, 6) is 0.0772. The molecule has 0 radical (unpaired) electrons. The highest BCUT2D eigenvalue weighted by atomic mass is 79.9. The summed E-state index contributed by atoms with van der Waals surface area (Å²) in [4.78, 5) is 12.4. The number of amides is 1. The van der Waals surface area contributed by atoms with Gasteiger partial charge in [0.1, 0.15) is 0 Å². The van der Waals surface area contributed by atoms with E-state index in [2.05, 4.69) is 33.5 Å². The third-order valence-electron chi connectivity index (χ3n) is 3.58. The fourth-order valence-corrected chi connectivity index (χ4v) is 2.66. The van der Waals surface area contributed by atoms with E-state index in [9.17, 15) is 4.79 Å². The van der Waals surface area contributed by atoms with Gasteiger partial charge in [-0.1, -0.05) is 18.5 Å². The van der Waals surface area contributed by atoms with Gasteiger partial charge in [0.15, 0.2) is 0 Å². The van der Waals surface area contributed by atoms with Crippen LogP contribution < -0.4 is 10.6 Å². The summed E-state index contributed by atoms with van der Waals surface area (Å²) in [5.41, 5.74) is 0.465. The molecule has 1 amide bonds. The Labute approximate surface area is 120 Å². The molecule has 0 aliphatic carbocycles. The van der Waals surface area contributed by atoms with Gasteiger partial charge in [-0.05, 0) is 53.5 Å². The number of halogens is 2. The van der Waals surface area contributed by atoms with Gasteiger partial charge < -0.3 is 10.6 Å². The van der Waals surface area contributed by atoms with Crippen molar-refractivity contribution in [2.75, 3.05) is 18.4 Å². The lowest BCUT2D eigenvalue weighted by atomic mass is 9.83. The topological polar surface area (TPSA) is 41.1 Å². The van der Waals surface area contributed by atoms with Gasteiger partial charge in [0, 0.05) is 16.7 Å². The molecule has 1 atom stereocenters. The maximum atomic E-state index is 12.4. The van der Waals surface area contributed by atoms with Crippen LogP contribution in [0.25, 0.3) is 0 Å². The molecule has 1 fully saturated rings. The SMILES string of the molecule is CCC1(C(=O)Nc2ccc(Br)c(Cl)c2)CCNC1. The molecule has 2 rings (SSSR count). The van der Waals surface area contributed by atoms with Crippen molar-refractivity contribution in [2.24, 2.45) is 5.41 Å². The molecular weight excluding hydrogens is 316 g/mol. The largest absolute Gasteiger partial charge is 0.326 e. The maximum absolute atomic E-state index is 12.4. The number of carbonyl (C=O) groups excluding carboxylic acids is 1. The summed E-state index contributed by atoms with van der Waals surface area (Å²) in [6, 6.07) is 5.44. The molecule has 0 bridgehead atoms. The Morgan fingerprint density at radius 2 is 2.39 bits per heavy atom. The fraction of sp³-hybridized carbons (Fsp3) is 0.462. The summed E-state index contributed by atoms with van der Waals surface area (Å²) < 4.78 is 0.829. The average molecular weight is 332 g/mol. The van der Waals surface area contributed by atoms with Crippen molar-refractivity contribution in [3.8, 4) is 0 Å². The van der Waals surface area contributed by atoms with Crippen LogP contribution in [0, 0.1) is 5.41 Å². The molecule has 3 nitrogen and oxygen atoms in total. The van der Waals surface area contributed by atoms with Crippen LogP contribution in [0.4, 0.5) is 5.69 Å². The summed E-state index contributed by atoms with van der Waals surface area (Å²) >= 11 is 9.35. The van der Waals surface area contributed by atoms with Gasteiger partial charge in [-0.2, -0.15) is 0 Å². The zero-order valence-corrected chi connectivity index (χ0v) is 12.6. The van der Waals surface area contributed by atoms with Crippen LogP contribution in [0.15, 0.2) is 22.7 Å². The third-order valence-corrected chi connectivity index (χ3v) is 4.81. The Morgan fingerprint density at radius 1 is 1.61 bits per heavy atom. The number of hydrogen-bond donors (Lipinski definition) is 2. The number of hydrogen-bond acceptors (Lipinski definition) is 2. The molecule has 1 aromatic rings. The highest BCUT2D eigenvalue weighted by Crippen LogP contribution is 2.32. The Hall–Kier alpha value is -0.580. The van der Waals surface area contributed by atoms with Gasteiger partial charge in [-0.15, -0.1) is 0 Å². The smallest absolute Gasteiger partial charge is 0.231 e. The molecule has 1 aromatic carbocycles. The third kappa shape index (κ3) is 2.71. The van der Waals surface area contributed by atoms with E-state index in [4.69, 9.17) is 11.6 Å². The Kier molecular flexibility index (Phi) is 4.30. The van der Waals surface area contributed by atoms with Crippen LogP contribution >= 0.6 is 27.5 Å². The minimum Gasteiger partial charge on any atom is -0.326 e. The van der Waals surface area contributed by atoms with Crippen molar-refractivity contribution in [1.82, 2.24) is 5.32 Å². The minimum atomic E-state index is -0.278. The first-order chi connectivity index (χ1) is 8.57. The van der Waals surface area contributed by atoms with E-state index in [1.54, 1.807) is 6.07 Å². The van der Waals surface area contributed by atoms with Gasteiger partial charge in [0.25, 0.3) is 0 Å². The Morgan fingerprint density at radius 3 is 2.94 bits per heavy atom. The van der Waals surface area contributed by atoms with E-state index >= 15 is 0 Å². The minimum absolute atomic E-state index is 0.0772. The second kappa shape index (κ2) is 5.59. The lowest BCUT2D eigenvalue weighted by Gasteiger charge is -2.25. The van der Waals surface area contributed by atoms with Crippen LogP contribution in [0.5, 0.6) is 0 Å². The summed E-state index contributed by atoms with van der Waals surface area (Å²) in [6.07, 6.45) is 1.73. The number of anilines is 1. The molecule has 1 unspecified atom stereocenters. The zero-order chi connectivity index (χ0) is 13.2. The van der Waals surface area contributed by atoms with Crippen molar-refractivity contribution in [3.63, 3.8) is 0 Å². The molecule has 1 heterocycles. The molecule has 0 saturated carbocycles. The van der Waals surface area contributed by atoms with E-state index in [0.717, 1.165) is 36.1 Å². The molecule has 1 aliphatic rings. The maximum Gasteiger partial charge on any atom is 0.231 e. The van der Waals surface area contributed by atoms with Gasteiger partial charge >= 0.3 is 0 Å². The van der Waals surface area contributed by atoms with Crippen molar-refractivity contribution >= 4 is 39.1 Å². The lowest BCUT2D eigenvalue weighted by Crippen LogP contribution is -2.37. The van der Waals surface area contributed by atoms with Crippen LogP contribution in [0.3, 0.4) is 0 Å². The van der Waals surface area contributed by atoms with Gasteiger partial charge in [0.05, 0.1) is 10.4 Å². The highest BCUT2D eigenvalue weighted by molar-refractivity contribution is 9.10. The first kappa shape index (κ1) is 13.8. The number of nitrogens with one attached hydrogen (secondary N) is 2. The van der Waals surface area contributed by atoms with Gasteiger partial charge in [-0.3, -0.25) is 4.79 Å². The van der Waals surface area contributed by atoms with Crippen molar-refractivity contribution < 1.29 is 4.79 Å². The Bertz CT molecular complexity index is 458. The monoisotopic (exact) mass is 330 g/mol. The van der Waals surface area contributed by atoms with Crippen LogP contribution in [0.2, 0.25) is 5.02 Å². The molecule has 98 valence electrons. The quantitative estimate of drug-likeness (QED) is 0.891. The highest BCUT2D eigenvalue weighted by Gasteiger charge is 2.39. The summed E-state index contributed by atoms with van der Waals surface area (Å²) in [7, 11) is 0. The normalized spacial score (nSPS) is 23.1. The zero-order valence-electron chi connectivity index (χ0n) is 10.2. The molecule has 5 heteroatoms. The van der Waals surface area contributed by atoms with Crippen molar-refractivity contribution in [1.29, 1.82) is 0 Å². The molecule has 0 spiro atoms. The molecule has 0 aromatic heterocycles. The predicted molar refractivity (Wildman–Crippen MR) is 78.0 cm³/mol. The van der Waals surface area contributed by atoms with Crippen LogP contribution in [0.1, 0.15) is 19.8 Å². The number of carbonyl (C=O) groups is 1. The van der Waals surface area contributed by atoms with Crippen molar-refractivity contribution in [2.45, 2.75) is 19.8 Å². The second-order valence-electron chi connectivity index (χ2n) is 4.64. The Balaban J connectivity index is 2.13. The predicted octanol–water partition coefficient (Wildman–Crippen LogP) is 3.43. The molecular formula is C13H16BrClN2O. The van der Waals surface area contributed by atoms with Gasteiger partial charge in [0.2, 0.25) is 5.91 Å². The summed E-state index contributed by atoms with van der Waals surface area (Å²) in [5, 5.41) is 6.82. The van der Waals surface area contributed by atoms with E-state index < -0.39 is 0 Å². The lowest BCUT2D eigenvalue weighted by molar-refractivity contribution is -0.124. The van der Waals surface area contributed by atoms with E-state index in [-0.39, 0.29) is 11.3 Å². The fourth-order valence-electron chi connectivity index (χ4n) is 2.24. The van der Waals surface area contributed by atoms with Crippen LogP contribution in [-0.2, 0) is 4.79 Å². The average Bonchev–Trinajstić information content (AvgIpc) is 2.84. The standard InChI is InChI=1S/C13H16BrClN2O/c1-2-13(5-6-16-8-13)12(18)17-9-3-4-10(14)11(15)7-9/h3-4,7,16H,2,5-6,8H2,1H3,(H,17,18). The number of benzene rings is 1. The van der Waals surface area contributed by atoms with Crippen molar-refractivity contribution in [3.05, 3.63) is 27.7 Å². The summed E-state index contributed by atoms with van der Waals surface area (Å²) in [6.45, 7) is 3.71. The number of rotatable bonds is 3. The first-order valence-electron chi connectivity index (χ1n) is 6.04. The first-order valence-corrected chi connectivity index (χ1v) is 7.22. The van der Waals surface area contributed by atoms with E-state index in [1.807, 2.05) is 12.1 Å². The second-order valence-corrected chi connectivity index (χ2v) is 5.91. The van der Waals surface area contributed by atoms with Crippen LogP contribution in [-0.4, -0.2) is 19.0 Å². The molecule has 1 aliphatic heterocycles. The molecule has 18 heavy (non-hydrogen) atoms. The molecule has 1 saturated heterocycles. The van der Waals surface area contributed by atoms with Gasteiger partial charge in [-0.25, -0.2) is 0 Å². The molecule has 2 N–H and O–H groups in total. The van der Waals surface area contributed by atoms with E-state index in [0.29, 0.717) is 5.02 Å². The van der Waals surface area contributed by atoms with E-state index in [1.165, 1.54) is 0 Å².